The monoisotopic (exact) mass is 312 g/mol. The topological polar surface area (TPSA) is 55.6 Å². The summed E-state index contributed by atoms with van der Waals surface area (Å²) in [4.78, 5) is 12.8. The summed E-state index contributed by atoms with van der Waals surface area (Å²) < 4.78 is 5.87. The van der Waals surface area contributed by atoms with Crippen molar-refractivity contribution < 1.29 is 9.66 Å². The lowest BCUT2D eigenvalue weighted by Crippen LogP contribution is -2.39. The molecule has 1 saturated heterocycles. The SMILES string of the molecule is C[C@H](c1ccccc1)N1CCO[C@H](c2ccc([N+](=O)[O-])cc2)C1. The highest BCUT2D eigenvalue weighted by atomic mass is 16.6. The fourth-order valence-electron chi connectivity index (χ4n) is 2.98. The first kappa shape index (κ1) is 15.6. The molecule has 0 spiro atoms. The number of morpholine rings is 1. The van der Waals surface area contributed by atoms with E-state index in [2.05, 4.69) is 36.1 Å². The van der Waals surface area contributed by atoms with Crippen molar-refractivity contribution in [1.29, 1.82) is 0 Å². The quantitative estimate of drug-likeness (QED) is 0.637. The van der Waals surface area contributed by atoms with Gasteiger partial charge < -0.3 is 4.74 Å². The van der Waals surface area contributed by atoms with E-state index in [4.69, 9.17) is 4.74 Å². The van der Waals surface area contributed by atoms with Crippen molar-refractivity contribution in [3.63, 3.8) is 0 Å². The van der Waals surface area contributed by atoms with Crippen LogP contribution in [0.2, 0.25) is 0 Å². The molecule has 5 heteroatoms. The van der Waals surface area contributed by atoms with E-state index in [9.17, 15) is 10.1 Å². The molecule has 1 fully saturated rings. The zero-order valence-electron chi connectivity index (χ0n) is 13.1. The van der Waals surface area contributed by atoms with Crippen LogP contribution in [0.15, 0.2) is 54.6 Å². The Hall–Kier alpha value is -2.24. The molecule has 0 aromatic heterocycles. The minimum atomic E-state index is -0.380. The maximum Gasteiger partial charge on any atom is 0.269 e. The minimum Gasteiger partial charge on any atom is -0.371 e. The Balaban J connectivity index is 1.71. The molecule has 2 atom stereocenters. The summed E-state index contributed by atoms with van der Waals surface area (Å²) in [7, 11) is 0. The predicted molar refractivity (Wildman–Crippen MR) is 88.2 cm³/mol. The molecule has 1 aliphatic heterocycles. The van der Waals surface area contributed by atoms with Gasteiger partial charge in [0.15, 0.2) is 0 Å². The summed E-state index contributed by atoms with van der Waals surface area (Å²) in [6.07, 6.45) is -0.0456. The number of hydrogen-bond donors (Lipinski definition) is 0. The molecule has 1 aliphatic rings. The predicted octanol–water partition coefficient (Wildman–Crippen LogP) is 3.73. The van der Waals surface area contributed by atoms with Gasteiger partial charge in [0.2, 0.25) is 0 Å². The lowest BCUT2D eigenvalue weighted by molar-refractivity contribution is -0.384. The molecular weight excluding hydrogens is 292 g/mol. The number of nitro groups is 1. The Morgan fingerprint density at radius 3 is 2.52 bits per heavy atom. The van der Waals surface area contributed by atoms with Crippen LogP contribution >= 0.6 is 0 Å². The average Bonchev–Trinajstić information content (AvgIpc) is 2.62. The van der Waals surface area contributed by atoms with Crippen LogP contribution in [-0.4, -0.2) is 29.5 Å². The van der Waals surface area contributed by atoms with Crippen molar-refractivity contribution >= 4 is 5.69 Å². The summed E-state index contributed by atoms with van der Waals surface area (Å²) in [6, 6.07) is 17.4. The number of non-ortho nitro benzene ring substituents is 1. The molecule has 0 unspecified atom stereocenters. The molecule has 0 saturated carbocycles. The fraction of sp³-hybridized carbons (Fsp3) is 0.333. The molecule has 0 aliphatic carbocycles. The third-order valence-electron chi connectivity index (χ3n) is 4.40. The molecule has 3 rings (SSSR count). The maximum atomic E-state index is 10.8. The Morgan fingerprint density at radius 1 is 1.17 bits per heavy atom. The zero-order valence-corrected chi connectivity index (χ0v) is 13.1. The van der Waals surface area contributed by atoms with Gasteiger partial charge in [0, 0.05) is 31.3 Å². The Kier molecular flexibility index (Phi) is 4.69. The van der Waals surface area contributed by atoms with E-state index in [-0.39, 0.29) is 16.7 Å². The number of nitrogens with zero attached hydrogens (tertiary/aromatic N) is 2. The van der Waals surface area contributed by atoms with Gasteiger partial charge >= 0.3 is 0 Å². The summed E-state index contributed by atoms with van der Waals surface area (Å²) in [5.74, 6) is 0. The summed E-state index contributed by atoms with van der Waals surface area (Å²) >= 11 is 0. The van der Waals surface area contributed by atoms with Crippen molar-refractivity contribution in [2.75, 3.05) is 19.7 Å². The van der Waals surface area contributed by atoms with Crippen LogP contribution in [0.1, 0.15) is 30.2 Å². The van der Waals surface area contributed by atoms with Crippen LogP contribution in [0.25, 0.3) is 0 Å². The highest BCUT2D eigenvalue weighted by Crippen LogP contribution is 2.29. The molecule has 5 nitrogen and oxygen atoms in total. The maximum absolute atomic E-state index is 10.8. The van der Waals surface area contributed by atoms with Gasteiger partial charge in [0.05, 0.1) is 17.6 Å². The molecule has 2 aromatic rings. The molecule has 1 heterocycles. The van der Waals surface area contributed by atoms with Crippen molar-refractivity contribution in [2.24, 2.45) is 0 Å². The Labute approximate surface area is 135 Å². The van der Waals surface area contributed by atoms with Crippen molar-refractivity contribution in [2.45, 2.75) is 19.1 Å². The van der Waals surface area contributed by atoms with Gasteiger partial charge in [-0.15, -0.1) is 0 Å². The second-order valence-corrected chi connectivity index (χ2v) is 5.79. The lowest BCUT2D eigenvalue weighted by Gasteiger charge is -2.37. The highest BCUT2D eigenvalue weighted by Gasteiger charge is 2.26. The molecule has 120 valence electrons. The second-order valence-electron chi connectivity index (χ2n) is 5.79. The normalized spacial score (nSPS) is 20.1. The fourth-order valence-corrected chi connectivity index (χ4v) is 2.98. The molecule has 0 bridgehead atoms. The molecule has 23 heavy (non-hydrogen) atoms. The van der Waals surface area contributed by atoms with E-state index in [0.717, 1.165) is 18.7 Å². The Morgan fingerprint density at radius 2 is 1.87 bits per heavy atom. The van der Waals surface area contributed by atoms with E-state index in [1.807, 2.05) is 6.07 Å². The van der Waals surface area contributed by atoms with Crippen LogP contribution in [0.3, 0.4) is 0 Å². The first-order chi connectivity index (χ1) is 11.1. The summed E-state index contributed by atoms with van der Waals surface area (Å²) in [6.45, 7) is 4.54. The first-order valence-electron chi connectivity index (χ1n) is 7.80. The molecule has 0 radical (unpaired) electrons. The van der Waals surface area contributed by atoms with E-state index in [1.54, 1.807) is 12.1 Å². The number of nitro benzene ring substituents is 1. The lowest BCUT2D eigenvalue weighted by atomic mass is 10.0. The summed E-state index contributed by atoms with van der Waals surface area (Å²) in [5.41, 5.74) is 2.39. The van der Waals surface area contributed by atoms with E-state index < -0.39 is 0 Å². The van der Waals surface area contributed by atoms with Crippen LogP contribution in [0.5, 0.6) is 0 Å². The number of rotatable bonds is 4. The molecule has 0 N–H and O–H groups in total. The van der Waals surface area contributed by atoms with E-state index in [1.165, 1.54) is 17.7 Å². The van der Waals surface area contributed by atoms with Crippen molar-refractivity contribution in [1.82, 2.24) is 4.90 Å². The van der Waals surface area contributed by atoms with Crippen LogP contribution in [0.4, 0.5) is 5.69 Å². The molecule has 0 amide bonds. The largest absolute Gasteiger partial charge is 0.371 e. The smallest absolute Gasteiger partial charge is 0.269 e. The van der Waals surface area contributed by atoms with Crippen molar-refractivity contribution in [3.8, 4) is 0 Å². The molecule has 2 aromatic carbocycles. The van der Waals surface area contributed by atoms with Gasteiger partial charge in [0.25, 0.3) is 5.69 Å². The van der Waals surface area contributed by atoms with Gasteiger partial charge in [0.1, 0.15) is 0 Å². The third kappa shape index (κ3) is 3.57. The number of benzene rings is 2. The Bertz CT molecular complexity index is 658. The van der Waals surface area contributed by atoms with Gasteiger partial charge in [-0.3, -0.25) is 15.0 Å². The van der Waals surface area contributed by atoms with Gasteiger partial charge in [-0.25, -0.2) is 0 Å². The van der Waals surface area contributed by atoms with E-state index in [0.29, 0.717) is 12.6 Å². The minimum absolute atomic E-state index is 0.0456. The highest BCUT2D eigenvalue weighted by molar-refractivity contribution is 5.34. The standard InChI is InChI=1S/C18H20N2O3/c1-14(15-5-3-2-4-6-15)19-11-12-23-18(13-19)16-7-9-17(10-8-16)20(21)22/h2-10,14,18H,11-13H2,1H3/t14-,18+/m1/s1. The van der Waals surface area contributed by atoms with Gasteiger partial charge in [-0.2, -0.15) is 0 Å². The van der Waals surface area contributed by atoms with Crippen molar-refractivity contribution in [3.05, 3.63) is 75.8 Å². The van der Waals surface area contributed by atoms with Gasteiger partial charge in [-0.1, -0.05) is 30.3 Å². The average molecular weight is 312 g/mol. The van der Waals surface area contributed by atoms with Crippen LogP contribution < -0.4 is 0 Å². The number of ether oxygens (including phenoxy) is 1. The molecular formula is C18H20N2O3. The zero-order chi connectivity index (χ0) is 16.2. The summed E-state index contributed by atoms with van der Waals surface area (Å²) in [5, 5.41) is 10.8. The third-order valence-corrected chi connectivity index (χ3v) is 4.40. The van der Waals surface area contributed by atoms with Crippen LogP contribution in [0, 0.1) is 10.1 Å². The van der Waals surface area contributed by atoms with Gasteiger partial charge in [-0.05, 0) is 30.2 Å². The van der Waals surface area contributed by atoms with Crippen LogP contribution in [-0.2, 0) is 4.74 Å². The second kappa shape index (κ2) is 6.89. The van der Waals surface area contributed by atoms with E-state index >= 15 is 0 Å². The number of hydrogen-bond acceptors (Lipinski definition) is 4. The first-order valence-corrected chi connectivity index (χ1v) is 7.80.